The maximum atomic E-state index is 13.3. The highest BCUT2D eigenvalue weighted by molar-refractivity contribution is 9.10. The minimum Gasteiger partial charge on any atom is -0.464 e. The summed E-state index contributed by atoms with van der Waals surface area (Å²) in [6, 6.07) is 6.79. The largest absolute Gasteiger partial charge is 0.464 e. The van der Waals surface area contributed by atoms with Crippen molar-refractivity contribution in [3.63, 3.8) is 0 Å². The third-order valence-corrected chi connectivity index (χ3v) is 2.69. The molecule has 1 aromatic carbocycles. The molecule has 2 aromatic rings. The topological polar surface area (TPSA) is 13.1 Å². The molecule has 1 nitrogen and oxygen atoms in total. The van der Waals surface area contributed by atoms with E-state index in [1.807, 2.05) is 0 Å². The molecule has 0 amide bonds. The molecule has 0 atom stereocenters. The van der Waals surface area contributed by atoms with Crippen LogP contribution in [0.2, 0.25) is 0 Å². The van der Waals surface area contributed by atoms with Crippen molar-refractivity contribution in [3.05, 3.63) is 46.4 Å². The van der Waals surface area contributed by atoms with Crippen LogP contribution in [0.15, 0.2) is 39.4 Å². The van der Waals surface area contributed by atoms with Crippen LogP contribution in [0.3, 0.4) is 0 Å². The van der Waals surface area contributed by atoms with Crippen molar-refractivity contribution in [1.82, 2.24) is 0 Å². The van der Waals surface area contributed by atoms with Crippen molar-refractivity contribution in [2.24, 2.45) is 0 Å². The number of aryl methyl sites for hydroxylation is 1. The average molecular weight is 255 g/mol. The van der Waals surface area contributed by atoms with Crippen molar-refractivity contribution in [1.29, 1.82) is 0 Å². The molecule has 0 aliphatic heterocycles. The second-order valence-corrected chi connectivity index (χ2v) is 3.91. The summed E-state index contributed by atoms with van der Waals surface area (Å²) in [5.74, 6) is 0.440. The highest BCUT2D eigenvalue weighted by Crippen LogP contribution is 2.30. The third-order valence-electron chi connectivity index (χ3n) is 2.03. The molecule has 14 heavy (non-hydrogen) atoms. The van der Waals surface area contributed by atoms with Gasteiger partial charge < -0.3 is 4.42 Å². The van der Waals surface area contributed by atoms with E-state index >= 15 is 0 Å². The van der Waals surface area contributed by atoms with Crippen LogP contribution in [0, 0.1) is 12.7 Å². The van der Waals surface area contributed by atoms with E-state index in [2.05, 4.69) is 15.9 Å². The second kappa shape index (κ2) is 3.58. The average Bonchev–Trinajstić information content (AvgIpc) is 2.64. The summed E-state index contributed by atoms with van der Waals surface area (Å²) in [4.78, 5) is 0. The first-order chi connectivity index (χ1) is 6.68. The van der Waals surface area contributed by atoms with Crippen LogP contribution in [0.1, 0.15) is 5.56 Å². The molecule has 1 heterocycles. The van der Waals surface area contributed by atoms with Gasteiger partial charge in [0.2, 0.25) is 0 Å². The van der Waals surface area contributed by atoms with E-state index in [1.54, 1.807) is 31.4 Å². The van der Waals surface area contributed by atoms with Gasteiger partial charge in [-0.05, 0) is 36.8 Å². The molecule has 0 unspecified atom stereocenters. The van der Waals surface area contributed by atoms with Crippen molar-refractivity contribution >= 4 is 15.9 Å². The summed E-state index contributed by atoms with van der Waals surface area (Å²) >= 11 is 3.38. The van der Waals surface area contributed by atoms with E-state index in [9.17, 15) is 4.39 Å². The van der Waals surface area contributed by atoms with Crippen LogP contribution in [-0.2, 0) is 0 Å². The minimum atomic E-state index is -0.223. The molecular weight excluding hydrogens is 247 g/mol. The molecule has 0 N–H and O–H groups in total. The van der Waals surface area contributed by atoms with Crippen molar-refractivity contribution < 1.29 is 8.81 Å². The lowest BCUT2D eigenvalue weighted by Crippen LogP contribution is -1.85. The fourth-order valence-electron chi connectivity index (χ4n) is 1.27. The normalized spacial score (nSPS) is 10.5. The fraction of sp³-hybridized carbons (Fsp3) is 0.0909. The SMILES string of the molecule is Cc1cc(Br)c(-c2ccco2)cc1F. The van der Waals surface area contributed by atoms with E-state index in [4.69, 9.17) is 4.42 Å². The Bertz CT molecular complexity index is 449. The quantitative estimate of drug-likeness (QED) is 0.745. The fourth-order valence-corrected chi connectivity index (χ4v) is 1.92. The van der Waals surface area contributed by atoms with E-state index in [0.29, 0.717) is 11.3 Å². The molecule has 0 saturated heterocycles. The lowest BCUT2D eigenvalue weighted by Gasteiger charge is -2.03. The molecule has 0 saturated carbocycles. The summed E-state index contributed by atoms with van der Waals surface area (Å²) in [6.45, 7) is 1.73. The maximum Gasteiger partial charge on any atom is 0.135 e. The predicted octanol–water partition coefficient (Wildman–Crippen LogP) is 4.16. The van der Waals surface area contributed by atoms with E-state index in [0.717, 1.165) is 10.0 Å². The molecule has 1 aromatic heterocycles. The van der Waals surface area contributed by atoms with Crippen LogP contribution < -0.4 is 0 Å². The van der Waals surface area contributed by atoms with Gasteiger partial charge in [0.1, 0.15) is 11.6 Å². The van der Waals surface area contributed by atoms with Gasteiger partial charge in [-0.3, -0.25) is 0 Å². The zero-order chi connectivity index (χ0) is 10.1. The Labute approximate surface area is 89.7 Å². The van der Waals surface area contributed by atoms with Crippen LogP contribution in [0.25, 0.3) is 11.3 Å². The number of hydrogen-bond donors (Lipinski definition) is 0. The molecule has 72 valence electrons. The third kappa shape index (κ3) is 1.60. The highest BCUT2D eigenvalue weighted by Gasteiger charge is 2.09. The molecule has 0 spiro atoms. The monoisotopic (exact) mass is 254 g/mol. The molecule has 0 fully saturated rings. The number of halogens is 2. The van der Waals surface area contributed by atoms with Crippen molar-refractivity contribution in [2.45, 2.75) is 6.92 Å². The van der Waals surface area contributed by atoms with Gasteiger partial charge in [-0.15, -0.1) is 0 Å². The van der Waals surface area contributed by atoms with Gasteiger partial charge in [0.05, 0.1) is 6.26 Å². The second-order valence-electron chi connectivity index (χ2n) is 3.06. The van der Waals surface area contributed by atoms with Gasteiger partial charge in [0.25, 0.3) is 0 Å². The minimum absolute atomic E-state index is 0.223. The molecule has 0 bridgehead atoms. The first-order valence-electron chi connectivity index (χ1n) is 4.18. The van der Waals surface area contributed by atoms with E-state index in [1.165, 1.54) is 6.07 Å². The zero-order valence-electron chi connectivity index (χ0n) is 7.55. The number of benzene rings is 1. The molecule has 3 heteroatoms. The van der Waals surface area contributed by atoms with Gasteiger partial charge in [0, 0.05) is 10.0 Å². The van der Waals surface area contributed by atoms with Gasteiger partial charge in [-0.2, -0.15) is 0 Å². The Morgan fingerprint density at radius 1 is 1.36 bits per heavy atom. The summed E-state index contributed by atoms with van der Waals surface area (Å²) in [5, 5.41) is 0. The maximum absolute atomic E-state index is 13.3. The Balaban J connectivity index is 2.60. The van der Waals surface area contributed by atoms with Crippen LogP contribution in [-0.4, -0.2) is 0 Å². The van der Waals surface area contributed by atoms with Crippen LogP contribution in [0.5, 0.6) is 0 Å². The summed E-state index contributed by atoms with van der Waals surface area (Å²) in [7, 11) is 0. The molecule has 0 aliphatic carbocycles. The Kier molecular flexibility index (Phi) is 2.42. The summed E-state index contributed by atoms with van der Waals surface area (Å²) in [5.41, 5.74) is 1.35. The van der Waals surface area contributed by atoms with E-state index in [-0.39, 0.29) is 5.82 Å². The van der Waals surface area contributed by atoms with Crippen LogP contribution >= 0.6 is 15.9 Å². The van der Waals surface area contributed by atoms with Crippen LogP contribution in [0.4, 0.5) is 4.39 Å². The molecule has 2 rings (SSSR count). The van der Waals surface area contributed by atoms with Gasteiger partial charge in [0.15, 0.2) is 0 Å². The number of furan rings is 1. The van der Waals surface area contributed by atoms with E-state index < -0.39 is 0 Å². The first kappa shape index (κ1) is 9.46. The lowest BCUT2D eigenvalue weighted by atomic mass is 10.1. The summed E-state index contributed by atoms with van der Waals surface area (Å²) < 4.78 is 19.3. The highest BCUT2D eigenvalue weighted by atomic mass is 79.9. The number of rotatable bonds is 1. The molecule has 0 radical (unpaired) electrons. The Morgan fingerprint density at radius 3 is 2.79 bits per heavy atom. The molecular formula is C11H8BrFO. The summed E-state index contributed by atoms with van der Waals surface area (Å²) in [6.07, 6.45) is 1.57. The standard InChI is InChI=1S/C11H8BrFO/c1-7-5-9(12)8(6-10(7)13)11-3-2-4-14-11/h2-6H,1H3. The van der Waals surface area contributed by atoms with Gasteiger partial charge in [-0.25, -0.2) is 4.39 Å². The smallest absolute Gasteiger partial charge is 0.135 e. The van der Waals surface area contributed by atoms with Crippen molar-refractivity contribution in [2.75, 3.05) is 0 Å². The number of hydrogen-bond acceptors (Lipinski definition) is 1. The van der Waals surface area contributed by atoms with Gasteiger partial charge in [-0.1, -0.05) is 15.9 Å². The lowest BCUT2D eigenvalue weighted by molar-refractivity contribution is 0.579. The first-order valence-corrected chi connectivity index (χ1v) is 4.97. The van der Waals surface area contributed by atoms with Crippen molar-refractivity contribution in [3.8, 4) is 11.3 Å². The predicted molar refractivity (Wildman–Crippen MR) is 56.5 cm³/mol. The zero-order valence-corrected chi connectivity index (χ0v) is 9.14. The molecule has 0 aliphatic rings. The Morgan fingerprint density at radius 2 is 2.14 bits per heavy atom. The van der Waals surface area contributed by atoms with Gasteiger partial charge >= 0.3 is 0 Å². The Hall–Kier alpha value is -1.09.